The normalized spacial score (nSPS) is 13.5. The number of carbonyl (C=O) groups is 1. The molecule has 0 fully saturated rings. The molecule has 1 rings (SSSR count). The molecule has 0 aliphatic carbocycles. The summed E-state index contributed by atoms with van der Waals surface area (Å²) in [7, 11) is 0. The van der Waals surface area contributed by atoms with Crippen LogP contribution in [0.4, 0.5) is 8.78 Å². The summed E-state index contributed by atoms with van der Waals surface area (Å²) in [6, 6.07) is 0. The second-order valence-electron chi connectivity index (χ2n) is 3.35. The van der Waals surface area contributed by atoms with E-state index in [1.165, 1.54) is 17.8 Å². The highest BCUT2D eigenvalue weighted by molar-refractivity contribution is 5.78. The summed E-state index contributed by atoms with van der Waals surface area (Å²) in [5.74, 6) is -5.72. The van der Waals surface area contributed by atoms with E-state index in [0.29, 0.717) is 6.54 Å². The lowest BCUT2D eigenvalue weighted by Gasteiger charge is -2.21. The van der Waals surface area contributed by atoms with Crippen LogP contribution in [-0.2, 0) is 16.1 Å². The molecule has 0 saturated heterocycles. The number of esters is 1. The van der Waals surface area contributed by atoms with Gasteiger partial charge in [-0.25, -0.2) is 9.78 Å². The van der Waals surface area contributed by atoms with Gasteiger partial charge in [0.15, 0.2) is 6.10 Å². The number of carbonyl (C=O) groups excluding carboxylic acids is 1. The standard InChI is InChI=1S/C10H14F2N2O3/c1-3-14-6-13-5-7(14)8(15)10(11,12)9(16)17-4-2/h5-6,8,15H,3-4H2,1-2H3. The van der Waals surface area contributed by atoms with Crippen LogP contribution in [0.3, 0.4) is 0 Å². The number of ether oxygens (including phenoxy) is 1. The molecule has 0 bridgehead atoms. The summed E-state index contributed by atoms with van der Waals surface area (Å²) in [6.45, 7) is 3.32. The van der Waals surface area contributed by atoms with E-state index in [9.17, 15) is 18.7 Å². The molecule has 5 nitrogen and oxygen atoms in total. The number of hydrogen-bond donors (Lipinski definition) is 1. The highest BCUT2D eigenvalue weighted by atomic mass is 19.3. The number of imidazole rings is 1. The van der Waals surface area contributed by atoms with Gasteiger partial charge in [0.25, 0.3) is 0 Å². The number of nitrogens with zero attached hydrogens (tertiary/aromatic N) is 2. The van der Waals surface area contributed by atoms with Crippen LogP contribution >= 0.6 is 0 Å². The minimum absolute atomic E-state index is 0.120. The molecule has 1 N–H and O–H groups in total. The molecule has 0 aromatic carbocycles. The van der Waals surface area contributed by atoms with Gasteiger partial charge in [-0.1, -0.05) is 0 Å². The van der Waals surface area contributed by atoms with E-state index < -0.39 is 18.0 Å². The fraction of sp³-hybridized carbons (Fsp3) is 0.600. The van der Waals surface area contributed by atoms with Crippen LogP contribution in [0.25, 0.3) is 0 Å². The Kier molecular flexibility index (Phi) is 4.17. The summed E-state index contributed by atoms with van der Waals surface area (Å²) in [5, 5.41) is 9.53. The highest BCUT2D eigenvalue weighted by Crippen LogP contribution is 2.32. The van der Waals surface area contributed by atoms with E-state index >= 15 is 0 Å². The maximum Gasteiger partial charge on any atom is 0.380 e. The average molecular weight is 248 g/mol. The third-order valence-electron chi connectivity index (χ3n) is 2.26. The fourth-order valence-corrected chi connectivity index (χ4v) is 1.35. The largest absolute Gasteiger partial charge is 0.461 e. The number of aromatic nitrogens is 2. The fourth-order valence-electron chi connectivity index (χ4n) is 1.35. The van der Waals surface area contributed by atoms with Crippen LogP contribution in [0.2, 0.25) is 0 Å². The van der Waals surface area contributed by atoms with E-state index in [4.69, 9.17) is 0 Å². The Morgan fingerprint density at radius 3 is 2.82 bits per heavy atom. The van der Waals surface area contributed by atoms with Gasteiger partial charge in [-0.3, -0.25) is 0 Å². The second-order valence-corrected chi connectivity index (χ2v) is 3.35. The quantitative estimate of drug-likeness (QED) is 0.793. The lowest BCUT2D eigenvalue weighted by atomic mass is 10.1. The topological polar surface area (TPSA) is 64.3 Å². The predicted molar refractivity (Wildman–Crippen MR) is 54.4 cm³/mol. The first-order chi connectivity index (χ1) is 7.95. The van der Waals surface area contributed by atoms with E-state index in [2.05, 4.69) is 9.72 Å². The Morgan fingerprint density at radius 1 is 1.65 bits per heavy atom. The van der Waals surface area contributed by atoms with Crippen LogP contribution in [0.1, 0.15) is 25.6 Å². The lowest BCUT2D eigenvalue weighted by Crippen LogP contribution is -2.38. The van der Waals surface area contributed by atoms with E-state index in [1.54, 1.807) is 6.92 Å². The first kappa shape index (κ1) is 13.6. The molecule has 7 heteroatoms. The Hall–Kier alpha value is -1.50. The maximum absolute atomic E-state index is 13.5. The average Bonchev–Trinajstić information content (AvgIpc) is 2.76. The molecular formula is C10H14F2N2O3. The minimum atomic E-state index is -3.98. The van der Waals surface area contributed by atoms with Crippen molar-refractivity contribution in [1.82, 2.24) is 9.55 Å². The first-order valence-corrected chi connectivity index (χ1v) is 5.18. The summed E-state index contributed by atoms with van der Waals surface area (Å²) >= 11 is 0. The molecular weight excluding hydrogens is 234 g/mol. The molecule has 1 aromatic rings. The number of alkyl halides is 2. The van der Waals surface area contributed by atoms with Gasteiger partial charge in [-0.15, -0.1) is 0 Å². The number of rotatable bonds is 5. The van der Waals surface area contributed by atoms with E-state index in [-0.39, 0.29) is 12.3 Å². The van der Waals surface area contributed by atoms with Crippen molar-refractivity contribution >= 4 is 5.97 Å². The molecule has 0 saturated carbocycles. The molecule has 1 aromatic heterocycles. The molecule has 17 heavy (non-hydrogen) atoms. The van der Waals surface area contributed by atoms with E-state index in [1.807, 2.05) is 0 Å². The van der Waals surface area contributed by atoms with Gasteiger partial charge < -0.3 is 14.4 Å². The van der Waals surface area contributed by atoms with Crippen molar-refractivity contribution < 1.29 is 23.4 Å². The van der Waals surface area contributed by atoms with Crippen LogP contribution in [0.5, 0.6) is 0 Å². The number of aryl methyl sites for hydroxylation is 1. The van der Waals surface area contributed by atoms with Gasteiger partial charge in [0.1, 0.15) is 0 Å². The molecule has 0 aliphatic rings. The van der Waals surface area contributed by atoms with Crippen LogP contribution in [-0.4, -0.2) is 33.2 Å². The van der Waals surface area contributed by atoms with E-state index in [0.717, 1.165) is 6.20 Å². The SMILES string of the molecule is CCOC(=O)C(F)(F)C(O)c1cncn1CC. The summed E-state index contributed by atoms with van der Waals surface area (Å²) in [6.07, 6.45) is 0.144. The van der Waals surface area contributed by atoms with Gasteiger partial charge in [0, 0.05) is 6.54 Å². The summed E-state index contributed by atoms with van der Waals surface area (Å²) in [5.41, 5.74) is -0.120. The molecule has 1 unspecified atom stereocenters. The van der Waals surface area contributed by atoms with Gasteiger partial charge in [-0.2, -0.15) is 8.78 Å². The number of aliphatic hydroxyl groups excluding tert-OH is 1. The van der Waals surface area contributed by atoms with Gasteiger partial charge >= 0.3 is 11.9 Å². The van der Waals surface area contributed by atoms with Gasteiger partial charge in [0.05, 0.1) is 24.8 Å². The van der Waals surface area contributed by atoms with Crippen LogP contribution < -0.4 is 0 Å². The van der Waals surface area contributed by atoms with Crippen molar-refractivity contribution in [3.63, 3.8) is 0 Å². The number of halogens is 2. The Bertz CT molecular complexity index is 393. The Labute approximate surface area is 97.0 Å². The van der Waals surface area contributed by atoms with Crippen molar-refractivity contribution in [2.24, 2.45) is 0 Å². The zero-order valence-electron chi connectivity index (χ0n) is 9.56. The number of aliphatic hydroxyl groups is 1. The third-order valence-corrected chi connectivity index (χ3v) is 2.26. The van der Waals surface area contributed by atoms with Crippen molar-refractivity contribution in [3.05, 3.63) is 18.2 Å². The van der Waals surface area contributed by atoms with Crippen molar-refractivity contribution in [3.8, 4) is 0 Å². The molecule has 0 aliphatic heterocycles. The van der Waals surface area contributed by atoms with Gasteiger partial charge in [-0.05, 0) is 13.8 Å². The van der Waals surface area contributed by atoms with Crippen molar-refractivity contribution in [2.45, 2.75) is 32.4 Å². The Balaban J connectivity index is 2.95. The summed E-state index contributed by atoms with van der Waals surface area (Å²) in [4.78, 5) is 14.7. The number of hydrogen-bond acceptors (Lipinski definition) is 4. The highest BCUT2D eigenvalue weighted by Gasteiger charge is 2.50. The zero-order chi connectivity index (χ0) is 13.1. The van der Waals surface area contributed by atoms with Crippen molar-refractivity contribution in [1.29, 1.82) is 0 Å². The monoisotopic (exact) mass is 248 g/mol. The smallest absolute Gasteiger partial charge is 0.380 e. The van der Waals surface area contributed by atoms with Crippen LogP contribution in [0, 0.1) is 0 Å². The second kappa shape index (κ2) is 5.22. The lowest BCUT2D eigenvalue weighted by molar-refractivity contribution is -0.189. The van der Waals surface area contributed by atoms with Crippen LogP contribution in [0.15, 0.2) is 12.5 Å². The minimum Gasteiger partial charge on any atom is -0.461 e. The molecule has 0 spiro atoms. The first-order valence-electron chi connectivity index (χ1n) is 5.18. The zero-order valence-corrected chi connectivity index (χ0v) is 9.56. The third kappa shape index (κ3) is 2.60. The molecule has 1 heterocycles. The molecule has 0 amide bonds. The molecule has 96 valence electrons. The molecule has 1 atom stereocenters. The summed E-state index contributed by atoms with van der Waals surface area (Å²) < 4.78 is 32.6. The van der Waals surface area contributed by atoms with Gasteiger partial charge in [0.2, 0.25) is 0 Å². The maximum atomic E-state index is 13.5. The molecule has 0 radical (unpaired) electrons. The predicted octanol–water partition coefficient (Wildman–Crippen LogP) is 1.13. The Morgan fingerprint density at radius 2 is 2.29 bits per heavy atom. The van der Waals surface area contributed by atoms with Crippen molar-refractivity contribution in [2.75, 3.05) is 6.61 Å².